The van der Waals surface area contributed by atoms with Gasteiger partial charge in [0.2, 0.25) is 0 Å². The van der Waals surface area contributed by atoms with Crippen LogP contribution in [0.4, 0.5) is 10.2 Å². The number of halogens is 1. The molecule has 0 fully saturated rings. The van der Waals surface area contributed by atoms with Crippen molar-refractivity contribution in [2.75, 3.05) is 19.5 Å². The van der Waals surface area contributed by atoms with Crippen LogP contribution in [-0.4, -0.2) is 23.5 Å². The SMILES string of the molecule is COCCc1nn(C)c(N)c1-c1ccccc1F. The summed E-state index contributed by atoms with van der Waals surface area (Å²) >= 11 is 0. The Hall–Kier alpha value is -1.88. The molecule has 0 aliphatic rings. The highest BCUT2D eigenvalue weighted by Gasteiger charge is 2.17. The molecule has 0 aliphatic heterocycles. The summed E-state index contributed by atoms with van der Waals surface area (Å²) < 4.78 is 20.4. The molecule has 2 rings (SSSR count). The van der Waals surface area contributed by atoms with E-state index in [1.54, 1.807) is 37.0 Å². The van der Waals surface area contributed by atoms with Crippen molar-refractivity contribution in [2.45, 2.75) is 6.42 Å². The van der Waals surface area contributed by atoms with Gasteiger partial charge in [-0.25, -0.2) is 4.39 Å². The first-order chi connectivity index (χ1) is 8.65. The van der Waals surface area contributed by atoms with Crippen molar-refractivity contribution >= 4 is 5.82 Å². The average molecular weight is 249 g/mol. The van der Waals surface area contributed by atoms with Gasteiger partial charge in [-0.2, -0.15) is 5.10 Å². The van der Waals surface area contributed by atoms with Gasteiger partial charge in [0.05, 0.1) is 12.3 Å². The van der Waals surface area contributed by atoms with Gasteiger partial charge in [0, 0.05) is 31.7 Å². The molecule has 5 heteroatoms. The Labute approximate surface area is 105 Å². The summed E-state index contributed by atoms with van der Waals surface area (Å²) in [6.07, 6.45) is 0.602. The third kappa shape index (κ3) is 2.22. The number of hydrogen-bond donors (Lipinski definition) is 1. The van der Waals surface area contributed by atoms with E-state index in [4.69, 9.17) is 10.5 Å². The van der Waals surface area contributed by atoms with Crippen LogP contribution < -0.4 is 5.73 Å². The van der Waals surface area contributed by atoms with E-state index >= 15 is 0 Å². The number of benzene rings is 1. The minimum Gasteiger partial charge on any atom is -0.384 e. The smallest absolute Gasteiger partial charge is 0.131 e. The first-order valence-corrected chi connectivity index (χ1v) is 5.70. The summed E-state index contributed by atoms with van der Waals surface area (Å²) in [5.41, 5.74) is 7.86. The van der Waals surface area contributed by atoms with Crippen LogP contribution in [0.1, 0.15) is 5.69 Å². The topological polar surface area (TPSA) is 53.1 Å². The van der Waals surface area contributed by atoms with Gasteiger partial charge in [0.25, 0.3) is 0 Å². The molecule has 0 bridgehead atoms. The Morgan fingerprint density at radius 2 is 2.11 bits per heavy atom. The third-order valence-electron chi connectivity index (χ3n) is 2.85. The van der Waals surface area contributed by atoms with Gasteiger partial charge in [-0.15, -0.1) is 0 Å². The molecule has 18 heavy (non-hydrogen) atoms. The Kier molecular flexibility index (Phi) is 3.62. The molecule has 0 aliphatic carbocycles. The fourth-order valence-electron chi connectivity index (χ4n) is 1.93. The van der Waals surface area contributed by atoms with Crippen LogP contribution in [0, 0.1) is 5.82 Å². The number of rotatable bonds is 4. The minimum atomic E-state index is -0.295. The van der Waals surface area contributed by atoms with Crippen molar-refractivity contribution in [2.24, 2.45) is 7.05 Å². The van der Waals surface area contributed by atoms with Crippen LogP contribution in [-0.2, 0) is 18.2 Å². The molecule has 0 unspecified atom stereocenters. The van der Waals surface area contributed by atoms with E-state index in [1.165, 1.54) is 6.07 Å². The summed E-state index contributed by atoms with van der Waals surface area (Å²) in [5.74, 6) is 0.169. The fourth-order valence-corrected chi connectivity index (χ4v) is 1.93. The van der Waals surface area contributed by atoms with E-state index in [9.17, 15) is 4.39 Å². The second-order valence-electron chi connectivity index (χ2n) is 4.05. The van der Waals surface area contributed by atoms with Crippen LogP contribution in [0.25, 0.3) is 11.1 Å². The van der Waals surface area contributed by atoms with E-state index in [2.05, 4.69) is 5.10 Å². The number of ether oxygens (including phenoxy) is 1. The predicted molar refractivity (Wildman–Crippen MR) is 68.6 cm³/mol. The van der Waals surface area contributed by atoms with Gasteiger partial charge in [0.1, 0.15) is 11.6 Å². The molecule has 2 N–H and O–H groups in total. The minimum absolute atomic E-state index is 0.295. The Morgan fingerprint density at radius 1 is 1.39 bits per heavy atom. The molecule has 0 saturated heterocycles. The van der Waals surface area contributed by atoms with E-state index in [-0.39, 0.29) is 5.82 Å². The highest BCUT2D eigenvalue weighted by atomic mass is 19.1. The number of methoxy groups -OCH3 is 1. The third-order valence-corrected chi connectivity index (χ3v) is 2.85. The number of anilines is 1. The van der Waals surface area contributed by atoms with Crippen molar-refractivity contribution in [3.05, 3.63) is 35.8 Å². The first-order valence-electron chi connectivity index (χ1n) is 5.70. The van der Waals surface area contributed by atoms with Crippen LogP contribution in [0.3, 0.4) is 0 Å². The number of nitrogens with zero attached hydrogens (tertiary/aromatic N) is 2. The normalized spacial score (nSPS) is 10.8. The Balaban J connectivity index is 2.52. The zero-order chi connectivity index (χ0) is 13.1. The second kappa shape index (κ2) is 5.18. The lowest BCUT2D eigenvalue weighted by molar-refractivity contribution is 0.201. The molecule has 1 aromatic heterocycles. The van der Waals surface area contributed by atoms with Crippen LogP contribution in [0.5, 0.6) is 0 Å². The quantitative estimate of drug-likeness (QED) is 0.901. The van der Waals surface area contributed by atoms with Crippen LogP contribution in [0.2, 0.25) is 0 Å². The lowest BCUT2D eigenvalue weighted by Crippen LogP contribution is -1.98. The highest BCUT2D eigenvalue weighted by molar-refractivity contribution is 5.77. The van der Waals surface area contributed by atoms with Crippen molar-refractivity contribution in [1.29, 1.82) is 0 Å². The maximum absolute atomic E-state index is 13.8. The number of aromatic nitrogens is 2. The van der Waals surface area contributed by atoms with Crippen LogP contribution in [0.15, 0.2) is 24.3 Å². The first kappa shape index (κ1) is 12.6. The zero-order valence-corrected chi connectivity index (χ0v) is 10.5. The molecule has 1 aromatic carbocycles. The maximum Gasteiger partial charge on any atom is 0.131 e. The summed E-state index contributed by atoms with van der Waals surface area (Å²) in [6, 6.07) is 6.56. The molecular formula is C13H16FN3O. The molecule has 0 radical (unpaired) electrons. The molecule has 4 nitrogen and oxygen atoms in total. The summed E-state index contributed by atoms with van der Waals surface area (Å²) in [7, 11) is 3.37. The Bertz CT molecular complexity index is 551. The standard InChI is InChI=1S/C13H16FN3O/c1-17-13(15)12(11(16-17)7-8-18-2)9-5-3-4-6-10(9)14/h3-6H,7-8,15H2,1-2H3. The van der Waals surface area contributed by atoms with Crippen molar-refractivity contribution in [1.82, 2.24) is 9.78 Å². The number of nitrogen functional groups attached to an aromatic ring is 1. The van der Waals surface area contributed by atoms with E-state index in [0.717, 1.165) is 5.69 Å². The van der Waals surface area contributed by atoms with Gasteiger partial charge in [0.15, 0.2) is 0 Å². The lowest BCUT2D eigenvalue weighted by atomic mass is 10.0. The van der Waals surface area contributed by atoms with E-state index in [1.807, 2.05) is 0 Å². The number of hydrogen-bond acceptors (Lipinski definition) is 3. The zero-order valence-electron chi connectivity index (χ0n) is 10.5. The van der Waals surface area contributed by atoms with E-state index < -0.39 is 0 Å². The largest absolute Gasteiger partial charge is 0.384 e. The predicted octanol–water partition coefficient (Wildman–Crippen LogP) is 2.00. The highest BCUT2D eigenvalue weighted by Crippen LogP contribution is 2.31. The van der Waals surface area contributed by atoms with Crippen LogP contribution >= 0.6 is 0 Å². The van der Waals surface area contributed by atoms with Gasteiger partial charge >= 0.3 is 0 Å². The molecular weight excluding hydrogens is 233 g/mol. The molecule has 0 saturated carbocycles. The monoisotopic (exact) mass is 249 g/mol. The van der Waals surface area contributed by atoms with Gasteiger partial charge in [-0.1, -0.05) is 18.2 Å². The maximum atomic E-state index is 13.8. The van der Waals surface area contributed by atoms with Gasteiger partial charge in [-0.3, -0.25) is 4.68 Å². The summed E-state index contributed by atoms with van der Waals surface area (Å²) in [5, 5.41) is 4.31. The van der Waals surface area contributed by atoms with E-state index in [0.29, 0.717) is 30.0 Å². The molecule has 96 valence electrons. The molecule has 0 atom stereocenters. The van der Waals surface area contributed by atoms with Gasteiger partial charge in [-0.05, 0) is 6.07 Å². The second-order valence-corrected chi connectivity index (χ2v) is 4.05. The average Bonchev–Trinajstić information content (AvgIpc) is 2.64. The van der Waals surface area contributed by atoms with Crippen molar-refractivity contribution < 1.29 is 9.13 Å². The fraction of sp³-hybridized carbons (Fsp3) is 0.308. The Morgan fingerprint density at radius 3 is 2.78 bits per heavy atom. The molecule has 0 spiro atoms. The van der Waals surface area contributed by atoms with Gasteiger partial charge < -0.3 is 10.5 Å². The van der Waals surface area contributed by atoms with Crippen molar-refractivity contribution in [3.8, 4) is 11.1 Å². The lowest BCUT2D eigenvalue weighted by Gasteiger charge is -2.05. The number of aryl methyl sites for hydroxylation is 1. The summed E-state index contributed by atoms with van der Waals surface area (Å²) in [4.78, 5) is 0. The molecule has 1 heterocycles. The molecule has 2 aromatic rings. The molecule has 0 amide bonds. The number of nitrogens with two attached hydrogens (primary N) is 1. The van der Waals surface area contributed by atoms with Crippen molar-refractivity contribution in [3.63, 3.8) is 0 Å². The summed E-state index contributed by atoms with van der Waals surface area (Å²) in [6.45, 7) is 0.526.